The highest BCUT2D eigenvalue weighted by Gasteiger charge is 2.37. The number of hydrogen-bond donors (Lipinski definition) is 0. The third-order valence-corrected chi connectivity index (χ3v) is 4.10. The Kier molecular flexibility index (Phi) is 1.94. The zero-order chi connectivity index (χ0) is 9.47. The van der Waals surface area contributed by atoms with Gasteiger partial charge in [-0.15, -0.1) is 0 Å². The monoisotopic (exact) mass is 205 g/mol. The van der Waals surface area contributed by atoms with Gasteiger partial charge < -0.3 is 4.74 Å². The van der Waals surface area contributed by atoms with Crippen molar-refractivity contribution >= 4 is 16.1 Å². The number of amides is 1. The van der Waals surface area contributed by atoms with Crippen LogP contribution in [-0.2, 0) is 14.8 Å². The van der Waals surface area contributed by atoms with Gasteiger partial charge in [-0.05, 0) is 18.8 Å². The molecule has 1 amide bonds. The van der Waals surface area contributed by atoms with Gasteiger partial charge in [0.2, 0.25) is 10.0 Å². The highest BCUT2D eigenvalue weighted by molar-refractivity contribution is 7.89. The van der Waals surface area contributed by atoms with E-state index in [9.17, 15) is 13.2 Å². The van der Waals surface area contributed by atoms with Gasteiger partial charge in [-0.1, -0.05) is 0 Å². The number of hydrogen-bond acceptors (Lipinski definition) is 4. The molecule has 2 rings (SSSR count). The van der Waals surface area contributed by atoms with E-state index >= 15 is 0 Å². The normalized spacial score (nSPS) is 23.4. The van der Waals surface area contributed by atoms with Crippen LogP contribution >= 0.6 is 0 Å². The van der Waals surface area contributed by atoms with E-state index in [1.807, 2.05) is 0 Å². The molecular weight excluding hydrogens is 194 g/mol. The Labute approximate surface area is 76.7 Å². The van der Waals surface area contributed by atoms with Gasteiger partial charge in [-0.2, -0.15) is 0 Å². The summed E-state index contributed by atoms with van der Waals surface area (Å²) in [6.45, 7) is 0.358. The van der Waals surface area contributed by atoms with Gasteiger partial charge in [0.1, 0.15) is 6.61 Å². The number of carbonyl (C=O) groups excluding carboxylic acids is 1. The summed E-state index contributed by atoms with van der Waals surface area (Å²) < 4.78 is 28.4. The Hall–Kier alpha value is -0.780. The first-order valence-electron chi connectivity index (χ1n) is 4.27. The standard InChI is InChI=1S/C7H11NO4S/c9-7-8(3-4-12-7)13(10,11)5-6-1-2-6/h6H,1-5H2. The van der Waals surface area contributed by atoms with Crippen molar-refractivity contribution in [1.29, 1.82) is 0 Å². The summed E-state index contributed by atoms with van der Waals surface area (Å²) in [7, 11) is -3.39. The van der Waals surface area contributed by atoms with Crippen LogP contribution in [0.4, 0.5) is 4.79 Å². The Morgan fingerprint density at radius 1 is 1.46 bits per heavy atom. The van der Waals surface area contributed by atoms with Gasteiger partial charge in [0.25, 0.3) is 0 Å². The molecule has 6 heteroatoms. The van der Waals surface area contributed by atoms with E-state index in [0.29, 0.717) is 0 Å². The lowest BCUT2D eigenvalue weighted by Crippen LogP contribution is -2.34. The van der Waals surface area contributed by atoms with E-state index in [4.69, 9.17) is 0 Å². The molecule has 1 saturated heterocycles. The molecule has 0 bridgehead atoms. The maximum Gasteiger partial charge on any atom is 0.423 e. The first-order valence-corrected chi connectivity index (χ1v) is 5.88. The van der Waals surface area contributed by atoms with Gasteiger partial charge in [0.05, 0.1) is 12.3 Å². The molecule has 0 N–H and O–H groups in total. The summed E-state index contributed by atoms with van der Waals surface area (Å²) in [5.41, 5.74) is 0. The molecule has 0 atom stereocenters. The molecule has 0 unspecified atom stereocenters. The van der Waals surface area contributed by atoms with E-state index in [1.54, 1.807) is 0 Å². The third kappa shape index (κ3) is 1.77. The summed E-state index contributed by atoms with van der Waals surface area (Å²) in [5.74, 6) is 0.362. The lowest BCUT2D eigenvalue weighted by molar-refractivity contribution is 0.170. The van der Waals surface area contributed by atoms with Gasteiger partial charge in [-0.3, -0.25) is 0 Å². The molecule has 1 saturated carbocycles. The second-order valence-electron chi connectivity index (χ2n) is 3.41. The number of rotatable bonds is 3. The number of ether oxygens (including phenoxy) is 1. The van der Waals surface area contributed by atoms with E-state index in [1.165, 1.54) is 0 Å². The highest BCUT2D eigenvalue weighted by atomic mass is 32.2. The van der Waals surface area contributed by atoms with Crippen LogP contribution < -0.4 is 0 Å². The van der Waals surface area contributed by atoms with Crippen molar-refractivity contribution in [3.63, 3.8) is 0 Å². The molecule has 0 aromatic carbocycles. The molecule has 2 aliphatic rings. The summed E-state index contributed by atoms with van der Waals surface area (Å²) >= 11 is 0. The van der Waals surface area contributed by atoms with Crippen LogP contribution in [0.2, 0.25) is 0 Å². The largest absolute Gasteiger partial charge is 0.447 e. The molecule has 2 fully saturated rings. The second kappa shape index (κ2) is 2.87. The molecule has 0 aromatic rings. The van der Waals surface area contributed by atoms with Crippen molar-refractivity contribution in [2.75, 3.05) is 18.9 Å². The number of carbonyl (C=O) groups is 1. The summed E-state index contributed by atoms with van der Waals surface area (Å²) in [5, 5.41) is 0. The molecule has 0 radical (unpaired) electrons. The van der Waals surface area contributed by atoms with Crippen LogP contribution in [-0.4, -0.2) is 37.7 Å². The van der Waals surface area contributed by atoms with E-state index in [2.05, 4.69) is 4.74 Å². The maximum absolute atomic E-state index is 11.5. The molecule has 0 spiro atoms. The van der Waals surface area contributed by atoms with Crippen molar-refractivity contribution in [3.05, 3.63) is 0 Å². The quantitative estimate of drug-likeness (QED) is 0.659. The van der Waals surface area contributed by atoms with Crippen LogP contribution in [0.15, 0.2) is 0 Å². The molecule has 13 heavy (non-hydrogen) atoms. The Morgan fingerprint density at radius 3 is 2.62 bits per heavy atom. The lowest BCUT2D eigenvalue weighted by Gasteiger charge is -2.12. The van der Waals surface area contributed by atoms with Crippen molar-refractivity contribution in [3.8, 4) is 0 Å². The molecule has 0 aromatic heterocycles. The van der Waals surface area contributed by atoms with Crippen LogP contribution in [0.5, 0.6) is 0 Å². The zero-order valence-corrected chi connectivity index (χ0v) is 7.92. The van der Waals surface area contributed by atoms with Crippen LogP contribution in [0.25, 0.3) is 0 Å². The second-order valence-corrected chi connectivity index (χ2v) is 5.35. The third-order valence-electron chi connectivity index (χ3n) is 2.20. The fraction of sp³-hybridized carbons (Fsp3) is 0.857. The summed E-state index contributed by atoms with van der Waals surface area (Å²) in [6, 6.07) is 0. The topological polar surface area (TPSA) is 63.7 Å². The zero-order valence-electron chi connectivity index (χ0n) is 7.10. The first kappa shape index (κ1) is 8.80. The molecule has 74 valence electrons. The fourth-order valence-electron chi connectivity index (χ4n) is 1.30. The van der Waals surface area contributed by atoms with Crippen molar-refractivity contribution in [2.45, 2.75) is 12.8 Å². The summed E-state index contributed by atoms with van der Waals surface area (Å²) in [4.78, 5) is 10.9. The van der Waals surface area contributed by atoms with Crippen LogP contribution in [0.1, 0.15) is 12.8 Å². The Morgan fingerprint density at radius 2 is 2.15 bits per heavy atom. The van der Waals surface area contributed by atoms with Crippen LogP contribution in [0, 0.1) is 5.92 Å². The van der Waals surface area contributed by atoms with Gasteiger partial charge >= 0.3 is 6.09 Å². The van der Waals surface area contributed by atoms with Gasteiger partial charge in [0.15, 0.2) is 0 Å². The minimum Gasteiger partial charge on any atom is -0.447 e. The summed E-state index contributed by atoms with van der Waals surface area (Å²) in [6.07, 6.45) is 1.20. The van der Waals surface area contributed by atoms with Gasteiger partial charge in [0, 0.05) is 0 Å². The SMILES string of the molecule is O=C1OCCN1S(=O)(=O)CC1CC1. The molecule has 1 aliphatic heterocycles. The number of sulfonamides is 1. The number of cyclic esters (lactones) is 1. The minimum atomic E-state index is -3.39. The maximum atomic E-state index is 11.5. The molecule has 1 aliphatic carbocycles. The van der Waals surface area contributed by atoms with Crippen molar-refractivity contribution < 1.29 is 17.9 Å². The van der Waals surface area contributed by atoms with E-state index < -0.39 is 16.1 Å². The first-order chi connectivity index (χ1) is 6.09. The predicted molar refractivity (Wildman–Crippen MR) is 44.6 cm³/mol. The molecule has 1 heterocycles. The average Bonchev–Trinajstić information content (AvgIpc) is 2.69. The van der Waals surface area contributed by atoms with Crippen LogP contribution in [0.3, 0.4) is 0 Å². The molecule has 5 nitrogen and oxygen atoms in total. The van der Waals surface area contributed by atoms with Gasteiger partial charge in [-0.25, -0.2) is 17.5 Å². The number of nitrogens with zero attached hydrogens (tertiary/aromatic N) is 1. The fourth-order valence-corrected chi connectivity index (χ4v) is 3.05. The Bertz CT molecular complexity index is 319. The average molecular weight is 205 g/mol. The Balaban J connectivity index is 2.08. The van der Waals surface area contributed by atoms with E-state index in [-0.39, 0.29) is 24.8 Å². The predicted octanol–water partition coefficient (Wildman–Crippen LogP) is 0.178. The van der Waals surface area contributed by atoms with Crippen molar-refractivity contribution in [1.82, 2.24) is 4.31 Å². The van der Waals surface area contributed by atoms with Crippen molar-refractivity contribution in [2.24, 2.45) is 5.92 Å². The smallest absolute Gasteiger partial charge is 0.423 e. The molecular formula is C7H11NO4S. The lowest BCUT2D eigenvalue weighted by atomic mass is 10.5. The highest BCUT2D eigenvalue weighted by Crippen LogP contribution is 2.31. The van der Waals surface area contributed by atoms with E-state index in [0.717, 1.165) is 17.1 Å². The minimum absolute atomic E-state index is 0.0993.